The molecule has 7 heteroatoms. The molecule has 2 N–H and O–H groups in total. The van der Waals surface area contributed by atoms with E-state index in [9.17, 15) is 9.59 Å². The average molecular weight is 375 g/mol. The van der Waals surface area contributed by atoms with Crippen LogP contribution in [-0.4, -0.2) is 25.0 Å². The van der Waals surface area contributed by atoms with Crippen LogP contribution in [0.4, 0.5) is 5.69 Å². The molecule has 2 amide bonds. The van der Waals surface area contributed by atoms with Crippen LogP contribution < -0.4 is 20.1 Å². The fraction of sp³-hybridized carbons (Fsp3) is 0.263. The van der Waals surface area contributed by atoms with Crippen molar-refractivity contribution in [3.05, 3.63) is 52.5 Å². The van der Waals surface area contributed by atoms with Gasteiger partial charge in [-0.2, -0.15) is 0 Å². The summed E-state index contributed by atoms with van der Waals surface area (Å²) in [6.07, 6.45) is 0.761. The van der Waals surface area contributed by atoms with Gasteiger partial charge in [0.05, 0.1) is 18.2 Å². The van der Waals surface area contributed by atoms with Crippen LogP contribution in [0, 0.1) is 0 Å². The van der Waals surface area contributed by atoms with Gasteiger partial charge in [-0.1, -0.05) is 23.7 Å². The number of hydrogen-bond donors (Lipinski definition) is 2. The predicted molar refractivity (Wildman–Crippen MR) is 99.0 cm³/mol. The molecule has 0 bridgehead atoms. The highest BCUT2D eigenvalue weighted by molar-refractivity contribution is 6.32. The van der Waals surface area contributed by atoms with E-state index in [1.807, 2.05) is 18.2 Å². The van der Waals surface area contributed by atoms with Crippen LogP contribution in [0.15, 0.2) is 36.4 Å². The molecule has 0 saturated heterocycles. The molecule has 3 rings (SSSR count). The molecule has 1 aliphatic rings. The molecule has 0 aromatic heterocycles. The highest BCUT2D eigenvalue weighted by Crippen LogP contribution is 2.37. The first kappa shape index (κ1) is 18.1. The van der Waals surface area contributed by atoms with E-state index in [2.05, 4.69) is 10.6 Å². The van der Waals surface area contributed by atoms with E-state index in [1.54, 1.807) is 18.2 Å². The molecule has 26 heavy (non-hydrogen) atoms. The van der Waals surface area contributed by atoms with Crippen LogP contribution in [0.2, 0.25) is 5.02 Å². The molecule has 0 radical (unpaired) electrons. The summed E-state index contributed by atoms with van der Waals surface area (Å²) in [5.41, 5.74) is 1.95. The fourth-order valence-corrected chi connectivity index (χ4v) is 2.87. The zero-order chi connectivity index (χ0) is 18.5. The molecule has 2 aromatic rings. The second-order valence-corrected chi connectivity index (χ2v) is 6.31. The molecular formula is C19H19ClN2O4. The number of fused-ring (bicyclic) bond motifs is 1. The molecule has 1 aliphatic heterocycles. The molecule has 0 saturated carbocycles. The maximum Gasteiger partial charge on any atom is 0.251 e. The molecule has 6 nitrogen and oxygen atoms in total. The molecule has 0 unspecified atom stereocenters. The minimum absolute atomic E-state index is 0.145. The third-order valence-electron chi connectivity index (χ3n) is 3.76. The van der Waals surface area contributed by atoms with Gasteiger partial charge in [-0.15, -0.1) is 0 Å². The summed E-state index contributed by atoms with van der Waals surface area (Å²) in [6, 6.07) is 10.5. The summed E-state index contributed by atoms with van der Waals surface area (Å²) < 4.78 is 11.2. The Morgan fingerprint density at radius 2 is 1.96 bits per heavy atom. The number of nitrogens with one attached hydrogen (secondary N) is 2. The van der Waals surface area contributed by atoms with Crippen molar-refractivity contribution in [3.63, 3.8) is 0 Å². The number of carbonyl (C=O) groups excluding carboxylic acids is 2. The topological polar surface area (TPSA) is 76.7 Å². The Balaban J connectivity index is 1.70. The van der Waals surface area contributed by atoms with Gasteiger partial charge in [-0.3, -0.25) is 9.59 Å². The Hall–Kier alpha value is -2.73. The monoisotopic (exact) mass is 374 g/mol. The normalized spacial score (nSPS) is 12.8. The molecule has 0 spiro atoms. The average Bonchev–Trinajstić information content (AvgIpc) is 2.85. The first-order chi connectivity index (χ1) is 12.5. The summed E-state index contributed by atoms with van der Waals surface area (Å²) in [5, 5.41) is 5.90. The molecule has 0 fully saturated rings. The van der Waals surface area contributed by atoms with Crippen molar-refractivity contribution in [1.82, 2.24) is 5.32 Å². The molecule has 136 valence electrons. The van der Waals surface area contributed by atoms with Crippen molar-refractivity contribution in [1.29, 1.82) is 0 Å². The first-order valence-corrected chi connectivity index (χ1v) is 8.64. The maximum atomic E-state index is 12.5. The van der Waals surface area contributed by atoms with Crippen molar-refractivity contribution in [3.8, 4) is 11.5 Å². The van der Waals surface area contributed by atoms with E-state index in [-0.39, 0.29) is 11.8 Å². The Labute approximate surface area is 156 Å². The van der Waals surface area contributed by atoms with Crippen LogP contribution >= 0.6 is 11.6 Å². The minimum Gasteiger partial charge on any atom is -0.489 e. The van der Waals surface area contributed by atoms with E-state index in [4.69, 9.17) is 21.1 Å². The maximum absolute atomic E-state index is 12.5. The third kappa shape index (κ3) is 4.46. The summed E-state index contributed by atoms with van der Waals surface area (Å²) in [7, 11) is 0. The van der Waals surface area contributed by atoms with E-state index >= 15 is 0 Å². The van der Waals surface area contributed by atoms with Crippen molar-refractivity contribution in [2.45, 2.75) is 19.9 Å². The van der Waals surface area contributed by atoms with Crippen LogP contribution in [0.5, 0.6) is 11.5 Å². The zero-order valence-electron chi connectivity index (χ0n) is 14.3. The standard InChI is InChI=1S/C19H19ClN2O4/c1-12(23)22-15-5-2-4-13(8-15)11-21-19(24)14-9-16(20)18-17(10-14)25-6-3-7-26-18/h2,4-5,8-10H,3,6-7,11H2,1H3,(H,21,24)(H,22,23). The van der Waals surface area contributed by atoms with Gasteiger partial charge in [0, 0.05) is 31.1 Å². The molecular weight excluding hydrogens is 356 g/mol. The fourth-order valence-electron chi connectivity index (χ4n) is 2.61. The van der Waals surface area contributed by atoms with Gasteiger partial charge in [0.25, 0.3) is 5.91 Å². The largest absolute Gasteiger partial charge is 0.489 e. The smallest absolute Gasteiger partial charge is 0.251 e. The minimum atomic E-state index is -0.271. The van der Waals surface area contributed by atoms with Crippen molar-refractivity contribution in [2.24, 2.45) is 0 Å². The second kappa shape index (κ2) is 8.10. The number of ether oxygens (including phenoxy) is 2. The summed E-state index contributed by atoms with van der Waals surface area (Å²) in [5.74, 6) is 0.539. The molecule has 1 heterocycles. The lowest BCUT2D eigenvalue weighted by atomic mass is 10.1. The molecule has 2 aromatic carbocycles. The number of amides is 2. The number of halogens is 1. The van der Waals surface area contributed by atoms with Crippen LogP contribution in [0.25, 0.3) is 0 Å². The molecule has 0 atom stereocenters. The van der Waals surface area contributed by atoms with E-state index in [1.165, 1.54) is 6.92 Å². The lowest BCUT2D eigenvalue weighted by molar-refractivity contribution is -0.114. The van der Waals surface area contributed by atoms with Crippen molar-refractivity contribution >= 4 is 29.1 Å². The van der Waals surface area contributed by atoms with Crippen LogP contribution in [0.3, 0.4) is 0 Å². The Morgan fingerprint density at radius 1 is 1.15 bits per heavy atom. The third-order valence-corrected chi connectivity index (χ3v) is 4.05. The van der Waals surface area contributed by atoms with Gasteiger partial charge in [0.1, 0.15) is 0 Å². The van der Waals surface area contributed by atoms with Gasteiger partial charge in [0.2, 0.25) is 5.91 Å². The number of benzene rings is 2. The number of carbonyl (C=O) groups is 2. The Morgan fingerprint density at radius 3 is 2.77 bits per heavy atom. The van der Waals surface area contributed by atoms with Crippen molar-refractivity contribution in [2.75, 3.05) is 18.5 Å². The quantitative estimate of drug-likeness (QED) is 0.860. The zero-order valence-corrected chi connectivity index (χ0v) is 15.1. The number of rotatable bonds is 4. The SMILES string of the molecule is CC(=O)Nc1cccc(CNC(=O)c2cc(Cl)c3c(c2)OCCCO3)c1. The summed E-state index contributed by atoms with van der Waals surface area (Å²) >= 11 is 6.23. The highest BCUT2D eigenvalue weighted by atomic mass is 35.5. The van der Waals surface area contributed by atoms with Gasteiger partial charge in [-0.05, 0) is 29.8 Å². The van der Waals surface area contributed by atoms with E-state index < -0.39 is 0 Å². The van der Waals surface area contributed by atoms with Gasteiger partial charge < -0.3 is 20.1 Å². The van der Waals surface area contributed by atoms with Gasteiger partial charge in [-0.25, -0.2) is 0 Å². The Bertz CT molecular complexity index is 838. The summed E-state index contributed by atoms with van der Waals surface area (Å²) in [6.45, 7) is 2.81. The van der Waals surface area contributed by atoms with E-state index in [0.29, 0.717) is 47.5 Å². The lowest BCUT2D eigenvalue weighted by Gasteiger charge is -2.12. The predicted octanol–water partition coefficient (Wildman–Crippen LogP) is 3.39. The Kier molecular flexibility index (Phi) is 5.63. The first-order valence-electron chi connectivity index (χ1n) is 8.27. The highest BCUT2D eigenvalue weighted by Gasteiger charge is 2.18. The summed E-state index contributed by atoms with van der Waals surface area (Å²) in [4.78, 5) is 23.6. The number of anilines is 1. The number of hydrogen-bond acceptors (Lipinski definition) is 4. The van der Waals surface area contributed by atoms with Crippen LogP contribution in [-0.2, 0) is 11.3 Å². The van der Waals surface area contributed by atoms with E-state index in [0.717, 1.165) is 12.0 Å². The molecule has 0 aliphatic carbocycles. The van der Waals surface area contributed by atoms with Crippen molar-refractivity contribution < 1.29 is 19.1 Å². The second-order valence-electron chi connectivity index (χ2n) is 5.90. The van der Waals surface area contributed by atoms with Gasteiger partial charge >= 0.3 is 0 Å². The van der Waals surface area contributed by atoms with Gasteiger partial charge in [0.15, 0.2) is 11.5 Å². The van der Waals surface area contributed by atoms with Crippen LogP contribution in [0.1, 0.15) is 29.3 Å². The lowest BCUT2D eigenvalue weighted by Crippen LogP contribution is -2.23.